The lowest BCUT2D eigenvalue weighted by Crippen LogP contribution is -2.65. The molecule has 82 valence electrons. The predicted octanol–water partition coefficient (Wildman–Crippen LogP) is 0.498. The van der Waals surface area contributed by atoms with Gasteiger partial charge in [-0.15, -0.1) is 0 Å². The van der Waals surface area contributed by atoms with Crippen LogP contribution in [0.25, 0.3) is 0 Å². The molecule has 0 spiro atoms. The van der Waals surface area contributed by atoms with E-state index in [-0.39, 0.29) is 13.0 Å². The molecule has 7 heteroatoms. The maximum absolute atomic E-state index is 11.1. The van der Waals surface area contributed by atoms with E-state index in [9.17, 15) is 13.2 Å². The van der Waals surface area contributed by atoms with Crippen molar-refractivity contribution in [1.29, 1.82) is 0 Å². The van der Waals surface area contributed by atoms with Gasteiger partial charge in [0.15, 0.2) is 0 Å². The molecule has 1 aliphatic heterocycles. The number of carbonyl (C=O) groups excluding carboxylic acids is 1. The molecule has 1 amide bonds. The quantitative estimate of drug-likeness (QED) is 0.531. The molecule has 0 bridgehead atoms. The lowest BCUT2D eigenvalue weighted by atomic mass is 9.90. The molecular formula is C7H12ClNO4S. The molecule has 0 aromatic heterocycles. The Bertz CT molecular complexity index is 342. The highest BCUT2D eigenvalue weighted by molar-refractivity contribution is 8.12. The smallest absolute Gasteiger partial charge is 0.324 e. The summed E-state index contributed by atoms with van der Waals surface area (Å²) < 4.78 is 27.8. The van der Waals surface area contributed by atoms with Gasteiger partial charge in [-0.3, -0.25) is 4.79 Å². The van der Waals surface area contributed by atoms with E-state index in [1.165, 1.54) is 0 Å². The van der Waals surface area contributed by atoms with Crippen LogP contribution in [-0.2, 0) is 18.8 Å². The van der Waals surface area contributed by atoms with Gasteiger partial charge in [0, 0.05) is 17.3 Å². The number of amides is 1. The normalized spacial score (nSPS) is 27.6. The van der Waals surface area contributed by atoms with Crippen molar-refractivity contribution in [2.24, 2.45) is 0 Å². The fraction of sp³-hybridized carbons (Fsp3) is 0.857. The van der Waals surface area contributed by atoms with Crippen LogP contribution >= 0.6 is 10.7 Å². The monoisotopic (exact) mass is 241 g/mol. The van der Waals surface area contributed by atoms with Crippen LogP contribution < -0.4 is 0 Å². The van der Waals surface area contributed by atoms with Crippen LogP contribution in [0.5, 0.6) is 0 Å². The van der Waals surface area contributed by atoms with Gasteiger partial charge in [0.05, 0.1) is 18.6 Å². The molecule has 0 radical (unpaired) electrons. The van der Waals surface area contributed by atoms with Gasteiger partial charge in [0.2, 0.25) is 5.91 Å². The Labute approximate surface area is 87.5 Å². The molecule has 0 aromatic carbocycles. The van der Waals surface area contributed by atoms with Gasteiger partial charge >= 0.3 is 9.24 Å². The second-order valence-corrected chi connectivity index (χ2v) is 5.77. The number of ether oxygens (including phenoxy) is 1. The largest absolute Gasteiger partial charge is 0.379 e. The second kappa shape index (κ2) is 3.67. The first-order chi connectivity index (χ1) is 6.31. The van der Waals surface area contributed by atoms with Gasteiger partial charge in [0.1, 0.15) is 0 Å². The minimum absolute atomic E-state index is 0.152. The van der Waals surface area contributed by atoms with E-state index in [2.05, 4.69) is 0 Å². The minimum atomic E-state index is -3.98. The number of nitrogens with zero attached hydrogens (tertiary/aromatic N) is 1. The Kier molecular flexibility index (Phi) is 3.08. The molecule has 0 aliphatic carbocycles. The first-order valence-electron chi connectivity index (χ1n) is 4.17. The molecule has 14 heavy (non-hydrogen) atoms. The first kappa shape index (κ1) is 11.7. The van der Waals surface area contributed by atoms with Crippen molar-refractivity contribution >= 4 is 25.8 Å². The average Bonchev–Trinajstić information content (AvgIpc) is 1.96. The van der Waals surface area contributed by atoms with E-state index < -0.39 is 20.7 Å². The molecule has 0 N–H and O–H groups in total. The van der Waals surface area contributed by atoms with Crippen molar-refractivity contribution in [3.63, 3.8) is 0 Å². The molecule has 1 saturated heterocycles. The summed E-state index contributed by atoms with van der Waals surface area (Å²) in [7, 11) is 1.14. The topological polar surface area (TPSA) is 63.7 Å². The molecule has 0 saturated carbocycles. The summed E-state index contributed by atoms with van der Waals surface area (Å²) in [4.78, 5) is 11.1. The van der Waals surface area contributed by atoms with E-state index in [1.54, 1.807) is 13.8 Å². The van der Waals surface area contributed by atoms with Crippen LogP contribution in [0.1, 0.15) is 20.3 Å². The van der Waals surface area contributed by atoms with Crippen LogP contribution in [0.3, 0.4) is 0 Å². The zero-order valence-corrected chi connectivity index (χ0v) is 9.56. The van der Waals surface area contributed by atoms with Crippen molar-refractivity contribution in [3.05, 3.63) is 0 Å². The third-order valence-corrected chi connectivity index (χ3v) is 3.58. The fourth-order valence-corrected chi connectivity index (χ4v) is 3.18. The predicted molar refractivity (Wildman–Crippen MR) is 51.1 cm³/mol. The molecule has 1 aliphatic rings. The van der Waals surface area contributed by atoms with E-state index in [4.69, 9.17) is 15.4 Å². The zero-order chi connectivity index (χ0) is 11.0. The number of β-lactam (4-membered cyclic amide) rings is 1. The maximum atomic E-state index is 11.1. The van der Waals surface area contributed by atoms with E-state index in [0.29, 0.717) is 10.9 Å². The lowest BCUT2D eigenvalue weighted by Gasteiger charge is -2.46. The lowest BCUT2D eigenvalue weighted by molar-refractivity contribution is -0.148. The highest BCUT2D eigenvalue weighted by Crippen LogP contribution is 2.36. The summed E-state index contributed by atoms with van der Waals surface area (Å²) in [6.45, 7) is 4.08. The van der Waals surface area contributed by atoms with Crippen molar-refractivity contribution in [3.8, 4) is 0 Å². The summed E-state index contributed by atoms with van der Waals surface area (Å²) in [5, 5.41) is 0. The standard InChI is InChI=1S/C7H12ClNO4S/c1-3-13-5-7(2)4-6(10)9(7)14(8,11)12/h3-5H2,1-2H3. The molecule has 1 unspecified atom stereocenters. The van der Waals surface area contributed by atoms with E-state index in [1.807, 2.05) is 0 Å². The number of halogens is 1. The molecule has 5 nitrogen and oxygen atoms in total. The fourth-order valence-electron chi connectivity index (χ4n) is 1.50. The highest BCUT2D eigenvalue weighted by Gasteiger charge is 2.53. The second-order valence-electron chi connectivity index (χ2n) is 3.41. The molecule has 1 fully saturated rings. The van der Waals surface area contributed by atoms with Crippen molar-refractivity contribution in [2.75, 3.05) is 13.2 Å². The molecule has 1 atom stereocenters. The Morgan fingerprint density at radius 1 is 1.64 bits per heavy atom. The highest BCUT2D eigenvalue weighted by atomic mass is 35.7. The third-order valence-electron chi connectivity index (χ3n) is 2.08. The van der Waals surface area contributed by atoms with Crippen LogP contribution in [0.4, 0.5) is 0 Å². The van der Waals surface area contributed by atoms with Crippen molar-refractivity contribution < 1.29 is 17.9 Å². The van der Waals surface area contributed by atoms with Crippen molar-refractivity contribution in [1.82, 2.24) is 4.31 Å². The van der Waals surface area contributed by atoms with Crippen LogP contribution in [0, 0.1) is 0 Å². The summed E-state index contributed by atoms with van der Waals surface area (Å²) in [6.07, 6.45) is 0.152. The minimum Gasteiger partial charge on any atom is -0.379 e. The number of rotatable bonds is 4. The molecule has 1 rings (SSSR count). The van der Waals surface area contributed by atoms with Gasteiger partial charge in [-0.1, -0.05) is 0 Å². The first-order valence-corrected chi connectivity index (χ1v) is 6.43. The SMILES string of the molecule is CCOCC1(C)CC(=O)N1S(=O)(=O)Cl. The summed E-state index contributed by atoms with van der Waals surface area (Å²) >= 11 is 0. The summed E-state index contributed by atoms with van der Waals surface area (Å²) in [6, 6.07) is 0. The Morgan fingerprint density at radius 3 is 2.57 bits per heavy atom. The van der Waals surface area contributed by atoms with E-state index in [0.717, 1.165) is 0 Å². The van der Waals surface area contributed by atoms with Gasteiger partial charge in [-0.25, -0.2) is 4.31 Å². The van der Waals surface area contributed by atoms with Gasteiger partial charge < -0.3 is 4.74 Å². The van der Waals surface area contributed by atoms with Crippen LogP contribution in [0.2, 0.25) is 0 Å². The molecular weight excluding hydrogens is 230 g/mol. The Morgan fingerprint density at radius 2 is 2.21 bits per heavy atom. The van der Waals surface area contributed by atoms with Gasteiger partial charge in [-0.2, -0.15) is 8.42 Å². The Hall–Kier alpha value is -0.330. The van der Waals surface area contributed by atoms with Crippen LogP contribution in [-0.4, -0.2) is 37.4 Å². The van der Waals surface area contributed by atoms with E-state index >= 15 is 0 Å². The number of hydrogen-bond acceptors (Lipinski definition) is 4. The zero-order valence-electron chi connectivity index (χ0n) is 7.99. The average molecular weight is 242 g/mol. The maximum Gasteiger partial charge on any atom is 0.324 e. The summed E-state index contributed by atoms with van der Waals surface area (Å²) in [5.74, 6) is -0.484. The molecule has 1 heterocycles. The van der Waals surface area contributed by atoms with Gasteiger partial charge in [0.25, 0.3) is 0 Å². The number of carbonyl (C=O) groups is 1. The summed E-state index contributed by atoms with van der Waals surface area (Å²) in [5.41, 5.74) is -0.812. The van der Waals surface area contributed by atoms with Crippen molar-refractivity contribution in [2.45, 2.75) is 25.8 Å². The number of hydrogen-bond donors (Lipinski definition) is 0. The molecule has 0 aromatic rings. The third kappa shape index (κ3) is 2.02. The Balaban J connectivity index is 2.78. The van der Waals surface area contributed by atoms with Crippen LogP contribution in [0.15, 0.2) is 0 Å². The van der Waals surface area contributed by atoms with Gasteiger partial charge in [-0.05, 0) is 13.8 Å².